The standard InChI is InChI=1S/C19H30N2O3/c1-3-5-16-6-4-11-21(12-16)13-18(23)14-24-19-9-7-17(8-10-19)20-15(2)22/h7-10,16,18,23H,3-6,11-14H2,1-2H3,(H,20,22). The van der Waals surface area contributed by atoms with Crippen LogP contribution < -0.4 is 10.1 Å². The Hall–Kier alpha value is -1.59. The molecule has 0 aromatic heterocycles. The predicted octanol–water partition coefficient (Wildman–Crippen LogP) is 2.90. The van der Waals surface area contributed by atoms with Gasteiger partial charge in [0.15, 0.2) is 0 Å². The summed E-state index contributed by atoms with van der Waals surface area (Å²) in [6.07, 6.45) is 4.57. The summed E-state index contributed by atoms with van der Waals surface area (Å²) in [7, 11) is 0. The molecule has 1 saturated heterocycles. The summed E-state index contributed by atoms with van der Waals surface area (Å²) < 4.78 is 5.65. The zero-order chi connectivity index (χ0) is 17.4. The summed E-state index contributed by atoms with van der Waals surface area (Å²) in [6.45, 7) is 6.84. The molecule has 1 aromatic carbocycles. The Morgan fingerprint density at radius 2 is 2.17 bits per heavy atom. The molecule has 0 spiro atoms. The fourth-order valence-corrected chi connectivity index (χ4v) is 3.34. The lowest BCUT2D eigenvalue weighted by molar-refractivity contribution is -0.114. The minimum absolute atomic E-state index is 0.0954. The number of anilines is 1. The van der Waals surface area contributed by atoms with Crippen molar-refractivity contribution in [3.05, 3.63) is 24.3 Å². The molecule has 2 atom stereocenters. The van der Waals surface area contributed by atoms with Gasteiger partial charge < -0.3 is 20.1 Å². The van der Waals surface area contributed by atoms with Crippen molar-refractivity contribution in [1.29, 1.82) is 0 Å². The van der Waals surface area contributed by atoms with Gasteiger partial charge in [-0.1, -0.05) is 13.3 Å². The Kier molecular flexibility index (Phi) is 7.53. The number of likely N-dealkylation sites (tertiary alicyclic amines) is 1. The summed E-state index contributed by atoms with van der Waals surface area (Å²) in [5, 5.41) is 12.9. The maximum Gasteiger partial charge on any atom is 0.221 e. The number of carbonyl (C=O) groups is 1. The van der Waals surface area contributed by atoms with E-state index in [-0.39, 0.29) is 12.5 Å². The zero-order valence-electron chi connectivity index (χ0n) is 14.8. The third-order valence-corrected chi connectivity index (χ3v) is 4.39. The van der Waals surface area contributed by atoms with Crippen LogP contribution in [0.2, 0.25) is 0 Å². The highest BCUT2D eigenvalue weighted by Gasteiger charge is 2.21. The van der Waals surface area contributed by atoms with Crippen molar-refractivity contribution in [2.45, 2.75) is 45.6 Å². The predicted molar refractivity (Wildman–Crippen MR) is 96.3 cm³/mol. The van der Waals surface area contributed by atoms with Gasteiger partial charge in [-0.05, 0) is 56.0 Å². The van der Waals surface area contributed by atoms with Gasteiger partial charge in [-0.3, -0.25) is 4.79 Å². The van der Waals surface area contributed by atoms with Gasteiger partial charge >= 0.3 is 0 Å². The van der Waals surface area contributed by atoms with Crippen molar-refractivity contribution in [3.63, 3.8) is 0 Å². The van der Waals surface area contributed by atoms with E-state index in [1.54, 1.807) is 24.3 Å². The molecule has 1 aliphatic heterocycles. The largest absolute Gasteiger partial charge is 0.491 e. The molecule has 0 saturated carbocycles. The van der Waals surface area contributed by atoms with Crippen molar-refractivity contribution in [1.82, 2.24) is 4.90 Å². The fraction of sp³-hybridized carbons (Fsp3) is 0.632. The van der Waals surface area contributed by atoms with Crippen LogP contribution in [0.1, 0.15) is 39.5 Å². The van der Waals surface area contributed by atoms with Crippen LogP contribution in [0.4, 0.5) is 5.69 Å². The quantitative estimate of drug-likeness (QED) is 0.767. The van der Waals surface area contributed by atoms with Gasteiger partial charge in [0.05, 0.1) is 0 Å². The fourth-order valence-electron chi connectivity index (χ4n) is 3.34. The van der Waals surface area contributed by atoms with E-state index in [2.05, 4.69) is 17.1 Å². The van der Waals surface area contributed by atoms with Gasteiger partial charge in [0.1, 0.15) is 18.5 Å². The topological polar surface area (TPSA) is 61.8 Å². The maximum atomic E-state index is 11.0. The molecule has 5 nitrogen and oxygen atoms in total. The Balaban J connectivity index is 1.72. The van der Waals surface area contributed by atoms with Gasteiger partial charge in [-0.25, -0.2) is 0 Å². The average molecular weight is 334 g/mol. The second-order valence-electron chi connectivity index (χ2n) is 6.73. The molecule has 0 bridgehead atoms. The van der Waals surface area contributed by atoms with Gasteiger partial charge in [0.2, 0.25) is 5.91 Å². The van der Waals surface area contributed by atoms with Crippen LogP contribution in [0.5, 0.6) is 5.75 Å². The second kappa shape index (κ2) is 9.64. The van der Waals surface area contributed by atoms with E-state index in [0.29, 0.717) is 12.3 Å². The Bertz CT molecular complexity index is 502. The molecule has 2 N–H and O–H groups in total. The number of aliphatic hydroxyl groups is 1. The number of β-amino-alcohol motifs (C(OH)–C–C–N with tert-alkyl or cyclic N) is 1. The van der Waals surface area contributed by atoms with Crippen LogP contribution in [0.15, 0.2) is 24.3 Å². The molecule has 2 rings (SSSR count). The number of benzene rings is 1. The molecule has 1 heterocycles. The molecule has 0 radical (unpaired) electrons. The van der Waals surface area contributed by atoms with Crippen molar-refractivity contribution < 1.29 is 14.6 Å². The number of nitrogens with one attached hydrogen (secondary N) is 1. The lowest BCUT2D eigenvalue weighted by Crippen LogP contribution is -2.41. The summed E-state index contributed by atoms with van der Waals surface area (Å²) in [4.78, 5) is 13.3. The molecular weight excluding hydrogens is 304 g/mol. The van der Waals surface area contributed by atoms with E-state index in [0.717, 1.165) is 24.7 Å². The third-order valence-electron chi connectivity index (χ3n) is 4.39. The van der Waals surface area contributed by atoms with E-state index in [1.807, 2.05) is 0 Å². The number of hydrogen-bond acceptors (Lipinski definition) is 4. The normalized spacial score (nSPS) is 19.7. The smallest absolute Gasteiger partial charge is 0.221 e. The Morgan fingerprint density at radius 3 is 2.83 bits per heavy atom. The van der Waals surface area contributed by atoms with E-state index < -0.39 is 6.10 Å². The molecule has 1 fully saturated rings. The number of carbonyl (C=O) groups excluding carboxylic acids is 1. The molecular formula is C19H30N2O3. The van der Waals surface area contributed by atoms with E-state index >= 15 is 0 Å². The first kappa shape index (κ1) is 18.7. The molecule has 0 aliphatic carbocycles. The average Bonchev–Trinajstić information content (AvgIpc) is 2.54. The highest BCUT2D eigenvalue weighted by Crippen LogP contribution is 2.21. The van der Waals surface area contributed by atoms with Crippen LogP contribution in [0, 0.1) is 5.92 Å². The monoisotopic (exact) mass is 334 g/mol. The van der Waals surface area contributed by atoms with Crippen LogP contribution in [-0.4, -0.2) is 48.3 Å². The molecule has 1 aliphatic rings. The maximum absolute atomic E-state index is 11.0. The minimum atomic E-state index is -0.486. The Labute approximate surface area is 145 Å². The van der Waals surface area contributed by atoms with E-state index in [4.69, 9.17) is 4.74 Å². The summed E-state index contributed by atoms with van der Waals surface area (Å²) >= 11 is 0. The van der Waals surface area contributed by atoms with E-state index in [9.17, 15) is 9.90 Å². The molecule has 24 heavy (non-hydrogen) atoms. The van der Waals surface area contributed by atoms with Crippen LogP contribution >= 0.6 is 0 Å². The number of aliphatic hydroxyl groups excluding tert-OH is 1. The van der Waals surface area contributed by atoms with Gasteiger partial charge in [-0.15, -0.1) is 0 Å². The number of rotatable bonds is 8. The number of ether oxygens (including phenoxy) is 1. The van der Waals surface area contributed by atoms with Crippen LogP contribution in [-0.2, 0) is 4.79 Å². The first-order chi connectivity index (χ1) is 11.6. The van der Waals surface area contributed by atoms with Crippen LogP contribution in [0.25, 0.3) is 0 Å². The molecule has 1 aromatic rings. The number of piperidine rings is 1. The van der Waals surface area contributed by atoms with Gasteiger partial charge in [0.25, 0.3) is 0 Å². The first-order valence-electron chi connectivity index (χ1n) is 8.97. The molecule has 1 amide bonds. The highest BCUT2D eigenvalue weighted by molar-refractivity contribution is 5.88. The molecule has 2 unspecified atom stereocenters. The third kappa shape index (κ3) is 6.49. The number of nitrogens with zero attached hydrogens (tertiary/aromatic N) is 1. The zero-order valence-corrected chi connectivity index (χ0v) is 14.8. The minimum Gasteiger partial charge on any atom is -0.491 e. The molecule has 134 valence electrons. The second-order valence-corrected chi connectivity index (χ2v) is 6.73. The Morgan fingerprint density at radius 1 is 1.42 bits per heavy atom. The highest BCUT2D eigenvalue weighted by atomic mass is 16.5. The van der Waals surface area contributed by atoms with Crippen molar-refractivity contribution in [2.75, 3.05) is 31.6 Å². The summed E-state index contributed by atoms with van der Waals surface area (Å²) in [5.74, 6) is 1.38. The van der Waals surface area contributed by atoms with Crippen molar-refractivity contribution in [3.8, 4) is 5.75 Å². The SMILES string of the molecule is CCCC1CCCN(CC(O)COc2ccc(NC(C)=O)cc2)C1. The van der Waals surface area contributed by atoms with Gasteiger partial charge in [-0.2, -0.15) is 0 Å². The number of hydrogen-bond donors (Lipinski definition) is 2. The summed E-state index contributed by atoms with van der Waals surface area (Å²) in [6, 6.07) is 7.19. The van der Waals surface area contributed by atoms with Gasteiger partial charge in [0, 0.05) is 25.7 Å². The van der Waals surface area contributed by atoms with Crippen molar-refractivity contribution >= 4 is 11.6 Å². The van der Waals surface area contributed by atoms with E-state index in [1.165, 1.54) is 32.6 Å². The lowest BCUT2D eigenvalue weighted by Gasteiger charge is -2.33. The van der Waals surface area contributed by atoms with Crippen LogP contribution in [0.3, 0.4) is 0 Å². The summed E-state index contributed by atoms with van der Waals surface area (Å²) in [5.41, 5.74) is 0.741. The van der Waals surface area contributed by atoms with Crippen molar-refractivity contribution in [2.24, 2.45) is 5.92 Å². The molecule has 5 heteroatoms. The first-order valence-corrected chi connectivity index (χ1v) is 8.97. The number of amides is 1. The lowest BCUT2D eigenvalue weighted by atomic mass is 9.93.